The van der Waals surface area contributed by atoms with Crippen LogP contribution >= 0.6 is 23.2 Å². The quantitative estimate of drug-likeness (QED) is 0.521. The van der Waals surface area contributed by atoms with Gasteiger partial charge in [-0.25, -0.2) is 0 Å². The maximum absolute atomic E-state index is 13.1. The zero-order valence-corrected chi connectivity index (χ0v) is 20.1. The molecule has 0 saturated carbocycles. The van der Waals surface area contributed by atoms with Crippen molar-refractivity contribution in [1.82, 2.24) is 4.90 Å². The predicted molar refractivity (Wildman–Crippen MR) is 137 cm³/mol. The molecule has 0 radical (unpaired) electrons. The van der Waals surface area contributed by atoms with Gasteiger partial charge in [0.2, 0.25) is 5.91 Å². The molecular formula is C27H25Cl2N3O2. The van der Waals surface area contributed by atoms with Crippen molar-refractivity contribution in [2.24, 2.45) is 4.99 Å². The molecule has 2 N–H and O–H groups in total. The summed E-state index contributed by atoms with van der Waals surface area (Å²) in [6.45, 7) is 1.20. The number of benzene rings is 3. The minimum Gasteiger partial charge on any atom is -0.385 e. The van der Waals surface area contributed by atoms with E-state index in [9.17, 15) is 9.90 Å². The van der Waals surface area contributed by atoms with E-state index in [1.165, 1.54) is 0 Å². The molecule has 174 valence electrons. The Kier molecular flexibility index (Phi) is 6.34. The van der Waals surface area contributed by atoms with Gasteiger partial charge in [0.05, 0.1) is 11.3 Å². The molecule has 2 heterocycles. The highest BCUT2D eigenvalue weighted by Gasteiger charge is 2.37. The molecule has 2 aliphatic heterocycles. The number of amidine groups is 1. The molecular weight excluding hydrogens is 469 g/mol. The minimum atomic E-state index is -0.884. The first-order chi connectivity index (χ1) is 16.4. The monoisotopic (exact) mass is 493 g/mol. The average molecular weight is 494 g/mol. The van der Waals surface area contributed by atoms with Crippen LogP contribution in [0.1, 0.15) is 29.5 Å². The SMILES string of the molecule is O=C1Nc2ccc(Cl)cc2C(N2CCC(O)(c3ccccc3)CC2)=NC1Cc1ccccc1Cl. The molecule has 5 rings (SSSR count). The molecule has 1 fully saturated rings. The molecule has 0 bridgehead atoms. The summed E-state index contributed by atoms with van der Waals surface area (Å²) in [5.74, 6) is 0.527. The summed E-state index contributed by atoms with van der Waals surface area (Å²) in [6.07, 6.45) is 1.50. The van der Waals surface area contributed by atoms with E-state index in [1.807, 2.05) is 66.7 Å². The van der Waals surface area contributed by atoms with Gasteiger partial charge in [0.1, 0.15) is 11.9 Å². The number of hydrogen-bond donors (Lipinski definition) is 2. The number of carbonyl (C=O) groups excluding carboxylic acids is 1. The van der Waals surface area contributed by atoms with Gasteiger partial charge >= 0.3 is 0 Å². The molecule has 34 heavy (non-hydrogen) atoms. The number of aliphatic hydroxyl groups is 1. The van der Waals surface area contributed by atoms with Crippen LogP contribution in [-0.4, -0.2) is 40.9 Å². The number of benzodiazepines with no additional fused rings is 1. The van der Waals surface area contributed by atoms with Crippen molar-refractivity contribution >= 4 is 40.6 Å². The Hall–Kier alpha value is -2.86. The fourth-order valence-electron chi connectivity index (χ4n) is 4.69. The number of halogens is 2. The smallest absolute Gasteiger partial charge is 0.249 e. The fraction of sp³-hybridized carbons (Fsp3) is 0.259. The van der Waals surface area contributed by atoms with Gasteiger partial charge in [-0.05, 0) is 48.2 Å². The zero-order valence-electron chi connectivity index (χ0n) is 18.5. The van der Waals surface area contributed by atoms with E-state index < -0.39 is 11.6 Å². The number of carbonyl (C=O) groups is 1. The summed E-state index contributed by atoms with van der Waals surface area (Å²) in [5.41, 5.74) is 2.37. The minimum absolute atomic E-state index is 0.184. The largest absolute Gasteiger partial charge is 0.385 e. The Morgan fingerprint density at radius 1 is 1.00 bits per heavy atom. The van der Waals surface area contributed by atoms with E-state index in [0.29, 0.717) is 53.9 Å². The van der Waals surface area contributed by atoms with E-state index >= 15 is 0 Å². The van der Waals surface area contributed by atoms with Crippen LogP contribution in [-0.2, 0) is 16.8 Å². The molecule has 5 nitrogen and oxygen atoms in total. The second kappa shape index (κ2) is 9.41. The summed E-state index contributed by atoms with van der Waals surface area (Å²) in [7, 11) is 0. The van der Waals surface area contributed by atoms with E-state index in [4.69, 9.17) is 28.2 Å². The number of rotatable bonds is 3. The second-order valence-electron chi connectivity index (χ2n) is 8.83. The Balaban J connectivity index is 1.48. The summed E-state index contributed by atoms with van der Waals surface area (Å²) in [6, 6.07) is 22.1. The van der Waals surface area contributed by atoms with Crippen LogP contribution in [0.25, 0.3) is 0 Å². The van der Waals surface area contributed by atoms with Crippen molar-refractivity contribution < 1.29 is 9.90 Å². The van der Waals surface area contributed by atoms with Crippen LogP contribution in [0, 0.1) is 0 Å². The zero-order chi connectivity index (χ0) is 23.7. The highest BCUT2D eigenvalue weighted by Crippen LogP contribution is 2.35. The molecule has 7 heteroatoms. The van der Waals surface area contributed by atoms with E-state index in [1.54, 1.807) is 6.07 Å². The van der Waals surface area contributed by atoms with Crippen molar-refractivity contribution in [2.45, 2.75) is 30.9 Å². The lowest BCUT2D eigenvalue weighted by Crippen LogP contribution is -2.45. The number of nitrogens with zero attached hydrogens (tertiary/aromatic N) is 2. The summed E-state index contributed by atoms with van der Waals surface area (Å²) >= 11 is 12.7. The van der Waals surface area contributed by atoms with Crippen LogP contribution in [0.4, 0.5) is 5.69 Å². The van der Waals surface area contributed by atoms with Crippen LogP contribution < -0.4 is 5.32 Å². The van der Waals surface area contributed by atoms with Crippen molar-refractivity contribution in [3.05, 3.63) is 99.5 Å². The normalized spacial score (nSPS) is 19.6. The third-order valence-electron chi connectivity index (χ3n) is 6.63. The van der Waals surface area contributed by atoms with Gasteiger partial charge in [-0.1, -0.05) is 71.7 Å². The van der Waals surface area contributed by atoms with E-state index in [0.717, 1.165) is 16.7 Å². The Labute approximate surface area is 209 Å². The molecule has 1 amide bonds. The number of aliphatic imine (C=N–C) groups is 1. The maximum atomic E-state index is 13.1. The molecule has 0 spiro atoms. The Bertz CT molecular complexity index is 1240. The number of anilines is 1. The van der Waals surface area contributed by atoms with Gasteiger partial charge in [0.25, 0.3) is 0 Å². The standard InChI is InChI=1S/C27H25Cl2N3O2/c28-20-10-11-23-21(17-20)25(30-24(26(33)31-23)16-18-6-4-5-9-22(18)29)32-14-12-27(34,13-15-32)19-7-2-1-3-8-19/h1-11,17,24,34H,12-16H2,(H,31,33). The number of fused-ring (bicyclic) bond motifs is 1. The molecule has 1 atom stereocenters. The van der Waals surface area contributed by atoms with Crippen LogP contribution in [0.2, 0.25) is 10.0 Å². The van der Waals surface area contributed by atoms with Crippen molar-refractivity contribution in [2.75, 3.05) is 18.4 Å². The third-order valence-corrected chi connectivity index (χ3v) is 7.24. The Morgan fingerprint density at radius 2 is 1.71 bits per heavy atom. The average Bonchev–Trinajstić information content (AvgIpc) is 2.98. The number of hydrogen-bond acceptors (Lipinski definition) is 4. The van der Waals surface area contributed by atoms with E-state index in [2.05, 4.69) is 10.2 Å². The predicted octanol–water partition coefficient (Wildman–Crippen LogP) is 5.29. The first kappa shape index (κ1) is 22.9. The van der Waals surface area contributed by atoms with Gasteiger partial charge in [0, 0.05) is 35.1 Å². The van der Waals surface area contributed by atoms with Crippen LogP contribution in [0.15, 0.2) is 77.8 Å². The Morgan fingerprint density at radius 3 is 2.44 bits per heavy atom. The molecule has 1 unspecified atom stereocenters. The molecule has 3 aromatic carbocycles. The van der Waals surface area contributed by atoms with Gasteiger partial charge in [-0.15, -0.1) is 0 Å². The van der Waals surface area contributed by atoms with Gasteiger partial charge in [-0.3, -0.25) is 9.79 Å². The van der Waals surface area contributed by atoms with Crippen LogP contribution in [0.5, 0.6) is 0 Å². The first-order valence-corrected chi connectivity index (χ1v) is 12.1. The highest BCUT2D eigenvalue weighted by atomic mass is 35.5. The second-order valence-corrected chi connectivity index (χ2v) is 9.67. The lowest BCUT2D eigenvalue weighted by Gasteiger charge is -2.40. The van der Waals surface area contributed by atoms with Crippen molar-refractivity contribution in [1.29, 1.82) is 0 Å². The molecule has 3 aromatic rings. The van der Waals surface area contributed by atoms with Gasteiger partial charge in [-0.2, -0.15) is 0 Å². The number of likely N-dealkylation sites (tertiary alicyclic amines) is 1. The number of amides is 1. The first-order valence-electron chi connectivity index (χ1n) is 11.4. The summed E-state index contributed by atoms with van der Waals surface area (Å²) in [5, 5.41) is 15.5. The third kappa shape index (κ3) is 4.56. The van der Waals surface area contributed by atoms with Crippen molar-refractivity contribution in [3.63, 3.8) is 0 Å². The topological polar surface area (TPSA) is 64.9 Å². The molecule has 0 aliphatic carbocycles. The number of piperidine rings is 1. The lowest BCUT2D eigenvalue weighted by atomic mass is 9.84. The van der Waals surface area contributed by atoms with Crippen LogP contribution in [0.3, 0.4) is 0 Å². The highest BCUT2D eigenvalue weighted by molar-refractivity contribution is 6.31. The summed E-state index contributed by atoms with van der Waals surface area (Å²) < 4.78 is 0. The lowest BCUT2D eigenvalue weighted by molar-refractivity contribution is -0.117. The molecule has 2 aliphatic rings. The fourth-order valence-corrected chi connectivity index (χ4v) is 5.08. The molecule has 1 saturated heterocycles. The number of nitrogens with one attached hydrogen (secondary N) is 1. The maximum Gasteiger partial charge on any atom is 0.249 e. The molecule has 0 aromatic heterocycles. The van der Waals surface area contributed by atoms with Crippen molar-refractivity contribution in [3.8, 4) is 0 Å². The van der Waals surface area contributed by atoms with E-state index in [-0.39, 0.29) is 5.91 Å². The van der Waals surface area contributed by atoms with Gasteiger partial charge < -0.3 is 15.3 Å². The van der Waals surface area contributed by atoms with Gasteiger partial charge in [0.15, 0.2) is 0 Å². The summed E-state index contributed by atoms with van der Waals surface area (Å²) in [4.78, 5) is 20.2.